The molecule has 1 heterocycles. The Labute approximate surface area is 85.3 Å². The number of nitrogens with zero attached hydrogens (tertiary/aromatic N) is 2. The number of piperidine rings is 1. The third-order valence-electron chi connectivity index (χ3n) is 2.10. The first-order valence-electron chi connectivity index (χ1n) is 4.52. The van der Waals surface area contributed by atoms with E-state index in [-0.39, 0.29) is 12.5 Å². The lowest BCUT2D eigenvalue weighted by Crippen LogP contribution is -2.42. The van der Waals surface area contributed by atoms with Crippen molar-refractivity contribution in [3.8, 4) is 0 Å². The molecule has 2 N–H and O–H groups in total. The molecule has 0 aromatic carbocycles. The molecule has 1 saturated heterocycles. The van der Waals surface area contributed by atoms with Gasteiger partial charge in [0.1, 0.15) is 11.7 Å². The summed E-state index contributed by atoms with van der Waals surface area (Å²) in [6, 6.07) is 0. The van der Waals surface area contributed by atoms with Gasteiger partial charge in [-0.1, -0.05) is 0 Å². The number of quaternary nitrogens is 1. The molecule has 15 heavy (non-hydrogen) atoms. The van der Waals surface area contributed by atoms with Crippen molar-refractivity contribution in [1.29, 1.82) is 0 Å². The molecule has 1 atom stereocenters. The first-order valence-corrected chi connectivity index (χ1v) is 4.52. The van der Waals surface area contributed by atoms with Crippen molar-refractivity contribution >= 4 is 0 Å². The third-order valence-corrected chi connectivity index (χ3v) is 2.10. The first kappa shape index (κ1) is 12.1. The van der Waals surface area contributed by atoms with E-state index in [0.717, 1.165) is 25.9 Å². The average molecular weight is 223 g/mol. The summed E-state index contributed by atoms with van der Waals surface area (Å²) in [5.41, 5.74) is 0. The quantitative estimate of drug-likeness (QED) is 0.374. The highest BCUT2D eigenvalue weighted by Crippen LogP contribution is 2.14. The van der Waals surface area contributed by atoms with Gasteiger partial charge in [-0.2, -0.15) is 0 Å². The third kappa shape index (κ3) is 4.85. The van der Waals surface area contributed by atoms with Crippen molar-refractivity contribution in [2.75, 3.05) is 19.7 Å². The average Bonchev–Trinajstić information content (AvgIpc) is 2.15. The molecule has 1 fully saturated rings. The van der Waals surface area contributed by atoms with Gasteiger partial charge < -0.3 is 10.5 Å². The van der Waals surface area contributed by atoms with Crippen molar-refractivity contribution in [2.45, 2.75) is 12.8 Å². The Morgan fingerprint density at radius 3 is 2.67 bits per heavy atom. The Bertz CT molecular complexity index is 217. The molecule has 0 aromatic rings. The van der Waals surface area contributed by atoms with Crippen molar-refractivity contribution in [3.05, 3.63) is 15.3 Å². The summed E-state index contributed by atoms with van der Waals surface area (Å²) >= 11 is 0. The lowest BCUT2D eigenvalue weighted by Gasteiger charge is -2.27. The molecule has 1 aliphatic heterocycles. The molecule has 0 saturated carbocycles. The van der Waals surface area contributed by atoms with Gasteiger partial charge in [-0.3, -0.25) is 0 Å². The Morgan fingerprint density at radius 1 is 1.53 bits per heavy atom. The Hall–Kier alpha value is -1.00. The van der Waals surface area contributed by atoms with Gasteiger partial charge in [0.2, 0.25) is 0 Å². The van der Waals surface area contributed by atoms with Crippen LogP contribution in [-0.2, 0) is 9.78 Å². The predicted molar refractivity (Wildman–Crippen MR) is 45.0 cm³/mol. The van der Waals surface area contributed by atoms with Gasteiger partial charge >= 0.3 is 5.09 Å². The van der Waals surface area contributed by atoms with Gasteiger partial charge in [-0.15, -0.1) is 20.2 Å². The Balaban J connectivity index is 2.24. The summed E-state index contributed by atoms with van der Waals surface area (Å²) in [4.78, 5) is 17.5. The fourth-order valence-electron chi connectivity index (χ4n) is 1.36. The van der Waals surface area contributed by atoms with Crippen LogP contribution in [0.2, 0.25) is 0 Å². The van der Waals surface area contributed by atoms with E-state index < -0.39 is 10.2 Å². The highest BCUT2D eigenvalue weighted by Gasteiger charge is 2.25. The number of nitrogens with one attached hydrogen (secondary N) is 1. The van der Waals surface area contributed by atoms with Crippen LogP contribution in [0.1, 0.15) is 12.8 Å². The van der Waals surface area contributed by atoms with Crippen LogP contribution >= 0.6 is 0 Å². The van der Waals surface area contributed by atoms with Crippen LogP contribution in [0.25, 0.3) is 0 Å². The molecule has 0 radical (unpaired) electrons. The van der Waals surface area contributed by atoms with Crippen LogP contribution in [0.3, 0.4) is 0 Å². The van der Waals surface area contributed by atoms with E-state index in [4.69, 9.17) is 5.21 Å². The van der Waals surface area contributed by atoms with Crippen molar-refractivity contribution in [3.63, 3.8) is 0 Å². The standard InChI is InChI=1S/C6H13N3O6/c10-8(11)15-9(12,13)14-5-6-1-3-7-4-2-6/h6-7,12H,1-5H2. The molecule has 0 spiro atoms. The number of hydrogen-bond donors (Lipinski definition) is 2. The monoisotopic (exact) mass is 223 g/mol. The van der Waals surface area contributed by atoms with Gasteiger partial charge in [0.15, 0.2) is 0 Å². The van der Waals surface area contributed by atoms with Gasteiger partial charge in [0.05, 0.1) is 0 Å². The highest BCUT2D eigenvalue weighted by atomic mass is 17.4. The minimum Gasteiger partial charge on any atom is -0.526 e. The SMILES string of the molecule is O=[N+]([O-])O[N+]([O-])(O)OCC1CCNCC1. The minimum atomic E-state index is -2.75. The summed E-state index contributed by atoms with van der Waals surface area (Å²) in [6.45, 7) is 1.53. The van der Waals surface area contributed by atoms with E-state index in [1.165, 1.54) is 0 Å². The van der Waals surface area contributed by atoms with Crippen LogP contribution in [0.4, 0.5) is 0 Å². The molecule has 1 rings (SSSR count). The zero-order valence-corrected chi connectivity index (χ0v) is 8.00. The summed E-state index contributed by atoms with van der Waals surface area (Å²) < 4.78 is 0. The normalized spacial score (nSPS) is 22.0. The van der Waals surface area contributed by atoms with E-state index in [1.54, 1.807) is 0 Å². The number of rotatable bonds is 5. The molecule has 1 unspecified atom stereocenters. The molecule has 1 aliphatic rings. The zero-order chi connectivity index (χ0) is 11.3. The maximum Gasteiger partial charge on any atom is 0.346 e. The molecule has 9 nitrogen and oxygen atoms in total. The molecule has 0 aliphatic carbocycles. The van der Waals surface area contributed by atoms with Crippen LogP contribution < -0.4 is 5.32 Å². The lowest BCUT2D eigenvalue weighted by atomic mass is 10.00. The van der Waals surface area contributed by atoms with Crippen molar-refractivity contribution in [1.82, 2.24) is 5.32 Å². The summed E-state index contributed by atoms with van der Waals surface area (Å²) in [6.07, 6.45) is 1.58. The second-order valence-electron chi connectivity index (χ2n) is 3.26. The van der Waals surface area contributed by atoms with E-state index >= 15 is 0 Å². The van der Waals surface area contributed by atoms with Crippen molar-refractivity contribution < 1.29 is 25.2 Å². The molecule has 0 aromatic heterocycles. The van der Waals surface area contributed by atoms with Crippen LogP contribution in [0, 0.1) is 21.2 Å². The van der Waals surface area contributed by atoms with Gasteiger partial charge in [-0.25, -0.2) is 0 Å². The van der Waals surface area contributed by atoms with Gasteiger partial charge in [0, 0.05) is 0 Å². The molecular weight excluding hydrogens is 210 g/mol. The predicted octanol–water partition coefficient (Wildman–Crippen LogP) is -0.255. The fourth-order valence-corrected chi connectivity index (χ4v) is 1.36. The highest BCUT2D eigenvalue weighted by molar-refractivity contribution is 4.66. The summed E-state index contributed by atoms with van der Waals surface area (Å²) in [5, 5.41) is 28.2. The molecular formula is C6H13N3O6. The molecule has 0 bridgehead atoms. The topological polar surface area (TPSA) is 117 Å². The maximum absolute atomic E-state index is 10.7. The van der Waals surface area contributed by atoms with Crippen molar-refractivity contribution in [2.24, 2.45) is 5.92 Å². The molecule has 9 heteroatoms. The maximum atomic E-state index is 10.7. The fraction of sp³-hybridized carbons (Fsp3) is 1.00. The van der Waals surface area contributed by atoms with E-state index in [2.05, 4.69) is 15.1 Å². The van der Waals surface area contributed by atoms with Gasteiger partial charge in [0.25, 0.3) is 0 Å². The Kier molecular flexibility index (Phi) is 4.17. The minimum absolute atomic E-state index is 0.0739. The van der Waals surface area contributed by atoms with E-state index in [1.807, 2.05) is 0 Å². The largest absolute Gasteiger partial charge is 0.526 e. The molecule has 0 amide bonds. The smallest absolute Gasteiger partial charge is 0.346 e. The molecule has 88 valence electrons. The Morgan fingerprint density at radius 2 is 2.13 bits per heavy atom. The lowest BCUT2D eigenvalue weighted by molar-refractivity contribution is -1.41. The summed E-state index contributed by atoms with van der Waals surface area (Å²) in [5.74, 6) is 0.0974. The van der Waals surface area contributed by atoms with Crippen LogP contribution in [-0.4, -0.2) is 35.1 Å². The van der Waals surface area contributed by atoms with Crippen LogP contribution in [0.5, 0.6) is 0 Å². The number of hydrogen-bond acceptors (Lipinski definition) is 7. The zero-order valence-electron chi connectivity index (χ0n) is 8.00. The van der Waals surface area contributed by atoms with E-state index in [0.29, 0.717) is 0 Å². The first-order chi connectivity index (χ1) is 6.99. The van der Waals surface area contributed by atoms with Crippen LogP contribution in [0.15, 0.2) is 0 Å². The second-order valence-corrected chi connectivity index (χ2v) is 3.26. The second kappa shape index (κ2) is 5.19. The van der Waals surface area contributed by atoms with E-state index in [9.17, 15) is 15.3 Å². The summed E-state index contributed by atoms with van der Waals surface area (Å²) in [7, 11) is 0. The van der Waals surface area contributed by atoms with Gasteiger partial charge in [-0.05, 0) is 36.8 Å².